The monoisotopic (exact) mass is 418 g/mol. The van der Waals surface area contributed by atoms with Crippen molar-refractivity contribution in [3.8, 4) is 0 Å². The number of carbonyl (C=O) groups is 3. The Bertz CT molecular complexity index is 788. The van der Waals surface area contributed by atoms with Gasteiger partial charge in [-0.3, -0.25) is 19.9 Å². The van der Waals surface area contributed by atoms with Crippen LogP contribution in [0.4, 0.5) is 10.5 Å². The second-order valence-corrected chi connectivity index (χ2v) is 7.80. The largest absolute Gasteiger partial charge is 0.335 e. The van der Waals surface area contributed by atoms with Gasteiger partial charge in [0.25, 0.3) is 5.91 Å². The average Bonchev–Trinajstić information content (AvgIpc) is 2.71. The van der Waals surface area contributed by atoms with Gasteiger partial charge in [0.05, 0.1) is 5.69 Å². The smallest absolute Gasteiger partial charge is 0.303 e. The first-order valence-electron chi connectivity index (χ1n) is 10.2. The molecular weight excluding hydrogens is 392 g/mol. The molecule has 7 nitrogen and oxygen atoms in total. The van der Waals surface area contributed by atoms with Crippen LogP contribution in [0.1, 0.15) is 39.0 Å². The average molecular weight is 419 g/mol. The molecule has 8 heteroatoms. The van der Waals surface area contributed by atoms with Gasteiger partial charge in [0.15, 0.2) is 5.92 Å². The summed E-state index contributed by atoms with van der Waals surface area (Å²) in [6.07, 6.45) is 5.14. The van der Waals surface area contributed by atoms with Gasteiger partial charge in [-0.15, -0.1) is 0 Å². The van der Waals surface area contributed by atoms with Gasteiger partial charge in [0.2, 0.25) is 5.91 Å². The SMILES string of the molecule is CCC(=NCCCN1CCCCC1)C1C(=O)NC(=O)N(c2ccc(Cl)cc2)C1=O. The molecule has 1 atom stereocenters. The first-order valence-corrected chi connectivity index (χ1v) is 10.6. The van der Waals surface area contributed by atoms with Gasteiger partial charge in [-0.05, 0) is 69.6 Å². The van der Waals surface area contributed by atoms with Gasteiger partial charge in [0.1, 0.15) is 0 Å². The number of urea groups is 1. The van der Waals surface area contributed by atoms with E-state index in [-0.39, 0.29) is 0 Å². The number of barbiturate groups is 1. The van der Waals surface area contributed by atoms with Crippen LogP contribution in [0.15, 0.2) is 29.3 Å². The van der Waals surface area contributed by atoms with Crippen molar-refractivity contribution in [3.05, 3.63) is 29.3 Å². The number of halogens is 1. The number of piperidine rings is 1. The van der Waals surface area contributed by atoms with E-state index in [9.17, 15) is 14.4 Å². The van der Waals surface area contributed by atoms with Crippen LogP contribution < -0.4 is 10.2 Å². The second kappa shape index (κ2) is 9.98. The third-order valence-corrected chi connectivity index (χ3v) is 5.59. The van der Waals surface area contributed by atoms with Crippen molar-refractivity contribution in [1.82, 2.24) is 10.2 Å². The molecule has 1 aromatic carbocycles. The molecule has 2 aliphatic heterocycles. The zero-order valence-corrected chi connectivity index (χ0v) is 17.5. The van der Waals surface area contributed by atoms with Gasteiger partial charge in [0, 0.05) is 17.3 Å². The number of aliphatic imine (C=N–C) groups is 1. The van der Waals surface area contributed by atoms with Crippen LogP contribution in [0.2, 0.25) is 5.02 Å². The molecule has 2 fully saturated rings. The number of hydrogen-bond donors (Lipinski definition) is 1. The first-order chi connectivity index (χ1) is 14.0. The van der Waals surface area contributed by atoms with Crippen molar-refractivity contribution >= 4 is 40.8 Å². The van der Waals surface area contributed by atoms with Crippen LogP contribution >= 0.6 is 11.6 Å². The Labute approximate surface area is 176 Å². The van der Waals surface area contributed by atoms with Gasteiger partial charge < -0.3 is 4.90 Å². The number of likely N-dealkylation sites (tertiary alicyclic amines) is 1. The number of anilines is 1. The fraction of sp³-hybridized carbons (Fsp3) is 0.524. The Morgan fingerprint density at radius 3 is 2.48 bits per heavy atom. The number of imide groups is 2. The minimum Gasteiger partial charge on any atom is -0.303 e. The van der Waals surface area contributed by atoms with Crippen LogP contribution in [-0.2, 0) is 9.59 Å². The molecule has 2 saturated heterocycles. The molecule has 2 heterocycles. The minimum absolute atomic E-state index is 0.370. The number of nitrogens with zero attached hydrogens (tertiary/aromatic N) is 3. The summed E-state index contributed by atoms with van der Waals surface area (Å²) in [6, 6.07) is 5.60. The van der Waals surface area contributed by atoms with E-state index in [1.165, 1.54) is 19.3 Å². The van der Waals surface area contributed by atoms with E-state index < -0.39 is 23.8 Å². The summed E-state index contributed by atoms with van der Waals surface area (Å²) in [5.74, 6) is -2.26. The molecule has 2 aliphatic rings. The summed E-state index contributed by atoms with van der Waals surface area (Å²) >= 11 is 5.89. The first kappa shape index (κ1) is 21.5. The predicted octanol–water partition coefficient (Wildman–Crippen LogP) is 3.27. The molecule has 3 rings (SSSR count). The van der Waals surface area contributed by atoms with Crippen LogP contribution in [0.5, 0.6) is 0 Å². The third-order valence-electron chi connectivity index (χ3n) is 5.34. The maximum atomic E-state index is 13.0. The number of rotatable bonds is 7. The molecule has 4 amide bonds. The van der Waals surface area contributed by atoms with E-state index >= 15 is 0 Å². The topological polar surface area (TPSA) is 82.1 Å². The molecule has 0 saturated carbocycles. The predicted molar refractivity (Wildman–Crippen MR) is 113 cm³/mol. The Morgan fingerprint density at radius 1 is 1.14 bits per heavy atom. The molecule has 0 spiro atoms. The number of amides is 4. The van der Waals surface area contributed by atoms with E-state index in [2.05, 4.69) is 15.2 Å². The van der Waals surface area contributed by atoms with E-state index in [0.717, 1.165) is 31.0 Å². The van der Waals surface area contributed by atoms with Crippen molar-refractivity contribution in [2.24, 2.45) is 10.9 Å². The fourth-order valence-corrected chi connectivity index (χ4v) is 3.94. The highest BCUT2D eigenvalue weighted by molar-refractivity contribution is 6.35. The van der Waals surface area contributed by atoms with Crippen molar-refractivity contribution < 1.29 is 14.4 Å². The summed E-state index contributed by atoms with van der Waals surface area (Å²) in [4.78, 5) is 45.7. The normalized spacial score (nSPS) is 21.4. The molecule has 1 aromatic rings. The molecule has 0 aromatic heterocycles. The number of carbonyl (C=O) groups excluding carboxylic acids is 3. The summed E-state index contributed by atoms with van der Waals surface area (Å²) in [6.45, 7) is 5.66. The zero-order valence-electron chi connectivity index (χ0n) is 16.7. The van der Waals surface area contributed by atoms with Gasteiger partial charge in [-0.25, -0.2) is 9.69 Å². The Balaban J connectivity index is 1.69. The molecule has 1 unspecified atom stereocenters. The van der Waals surface area contributed by atoms with Crippen LogP contribution in [-0.4, -0.2) is 54.6 Å². The molecule has 29 heavy (non-hydrogen) atoms. The number of benzene rings is 1. The summed E-state index contributed by atoms with van der Waals surface area (Å²) in [5.41, 5.74) is 0.882. The highest BCUT2D eigenvalue weighted by atomic mass is 35.5. The standard InChI is InChI=1S/C21H27ClN4O3/c1-2-17(23-11-6-14-25-12-4-3-5-13-25)18-19(27)24-21(29)26(20(18)28)16-9-7-15(22)8-10-16/h7-10,18H,2-6,11-14H2,1H3,(H,24,27,29). The number of hydrogen-bond acceptors (Lipinski definition) is 5. The Morgan fingerprint density at radius 2 is 1.83 bits per heavy atom. The van der Waals surface area contributed by atoms with Gasteiger partial charge in [-0.2, -0.15) is 0 Å². The highest BCUT2D eigenvalue weighted by Crippen LogP contribution is 2.24. The van der Waals surface area contributed by atoms with Crippen molar-refractivity contribution in [2.45, 2.75) is 39.0 Å². The Kier molecular flexibility index (Phi) is 7.39. The van der Waals surface area contributed by atoms with E-state index in [0.29, 0.717) is 29.4 Å². The lowest BCUT2D eigenvalue weighted by atomic mass is 9.96. The molecule has 0 bridgehead atoms. The quantitative estimate of drug-likeness (QED) is 0.418. The third kappa shape index (κ3) is 5.22. The van der Waals surface area contributed by atoms with Crippen LogP contribution in [0.25, 0.3) is 0 Å². The highest BCUT2D eigenvalue weighted by Gasteiger charge is 2.43. The number of nitrogens with one attached hydrogen (secondary N) is 1. The maximum absolute atomic E-state index is 13.0. The molecular formula is C21H27ClN4O3. The fourth-order valence-electron chi connectivity index (χ4n) is 3.81. The van der Waals surface area contributed by atoms with E-state index in [4.69, 9.17) is 11.6 Å². The zero-order chi connectivity index (χ0) is 20.8. The lowest BCUT2D eigenvalue weighted by Gasteiger charge is -2.30. The summed E-state index contributed by atoms with van der Waals surface area (Å²) < 4.78 is 0. The van der Waals surface area contributed by atoms with Crippen LogP contribution in [0, 0.1) is 5.92 Å². The lowest BCUT2D eigenvalue weighted by molar-refractivity contribution is -0.131. The summed E-state index contributed by atoms with van der Waals surface area (Å²) in [7, 11) is 0. The van der Waals surface area contributed by atoms with Crippen molar-refractivity contribution in [1.29, 1.82) is 0 Å². The maximum Gasteiger partial charge on any atom is 0.335 e. The van der Waals surface area contributed by atoms with Crippen molar-refractivity contribution in [3.63, 3.8) is 0 Å². The Hall–Kier alpha value is -2.25. The van der Waals surface area contributed by atoms with E-state index in [1.54, 1.807) is 24.3 Å². The molecule has 1 N–H and O–H groups in total. The molecule has 0 aliphatic carbocycles. The minimum atomic E-state index is -1.08. The summed E-state index contributed by atoms with van der Waals surface area (Å²) in [5, 5.41) is 2.78. The van der Waals surface area contributed by atoms with Crippen molar-refractivity contribution in [2.75, 3.05) is 31.1 Å². The lowest BCUT2D eigenvalue weighted by Crippen LogP contribution is -2.60. The molecule has 156 valence electrons. The second-order valence-electron chi connectivity index (χ2n) is 7.36. The van der Waals surface area contributed by atoms with Gasteiger partial charge in [-0.1, -0.05) is 24.9 Å². The van der Waals surface area contributed by atoms with Gasteiger partial charge >= 0.3 is 6.03 Å². The van der Waals surface area contributed by atoms with Crippen LogP contribution in [0.3, 0.4) is 0 Å². The molecule has 0 radical (unpaired) electrons. The van der Waals surface area contributed by atoms with E-state index in [1.807, 2.05) is 6.92 Å².